The average Bonchev–Trinajstić information content (AvgIpc) is 3.05. The minimum atomic E-state index is -3.93. The summed E-state index contributed by atoms with van der Waals surface area (Å²) < 4.78 is 42.9. The third-order valence-electron chi connectivity index (χ3n) is 4.31. The summed E-state index contributed by atoms with van der Waals surface area (Å²) in [6, 6.07) is 10.6. The van der Waals surface area contributed by atoms with Gasteiger partial charge in [-0.25, -0.2) is 12.8 Å². The van der Waals surface area contributed by atoms with Gasteiger partial charge in [0.2, 0.25) is 0 Å². The number of hydrogen-bond acceptors (Lipinski definition) is 4. The molecule has 1 amide bonds. The van der Waals surface area contributed by atoms with E-state index in [4.69, 9.17) is 0 Å². The van der Waals surface area contributed by atoms with Gasteiger partial charge in [0.05, 0.1) is 16.8 Å². The van der Waals surface area contributed by atoms with Crippen LogP contribution >= 0.6 is 15.9 Å². The normalized spacial score (nSPS) is 11.3. The second-order valence-corrected chi connectivity index (χ2v) is 9.25. The number of benzene rings is 2. The van der Waals surface area contributed by atoms with Crippen LogP contribution < -0.4 is 9.62 Å². The van der Waals surface area contributed by atoms with Crippen LogP contribution in [0.4, 0.5) is 15.9 Å². The van der Waals surface area contributed by atoms with E-state index in [1.807, 2.05) is 6.92 Å². The number of aromatic nitrogens is 2. The summed E-state index contributed by atoms with van der Waals surface area (Å²) >= 11 is 3.15. The van der Waals surface area contributed by atoms with Gasteiger partial charge in [0.25, 0.3) is 15.9 Å². The molecule has 0 aliphatic carbocycles. The lowest BCUT2D eigenvalue weighted by Gasteiger charge is -2.21. The van der Waals surface area contributed by atoms with Crippen LogP contribution in [0.3, 0.4) is 0 Å². The summed E-state index contributed by atoms with van der Waals surface area (Å²) in [5, 5.41) is 6.46. The summed E-state index contributed by atoms with van der Waals surface area (Å²) in [5.41, 5.74) is 0.883. The Kier molecular flexibility index (Phi) is 5.76. The van der Waals surface area contributed by atoms with E-state index in [0.29, 0.717) is 4.47 Å². The van der Waals surface area contributed by atoms with Crippen molar-refractivity contribution < 1.29 is 17.6 Å². The smallest absolute Gasteiger partial charge is 0.265 e. The van der Waals surface area contributed by atoms with Crippen molar-refractivity contribution >= 4 is 43.4 Å². The maximum Gasteiger partial charge on any atom is 0.265 e. The Morgan fingerprint density at radius 1 is 1.21 bits per heavy atom. The van der Waals surface area contributed by atoms with Gasteiger partial charge in [0.15, 0.2) is 5.82 Å². The largest absolute Gasteiger partial charge is 0.319 e. The molecule has 7 nitrogen and oxygen atoms in total. The zero-order valence-corrected chi connectivity index (χ0v) is 18.3. The molecule has 0 bridgehead atoms. The van der Waals surface area contributed by atoms with Gasteiger partial charge in [-0.3, -0.25) is 13.8 Å². The highest BCUT2D eigenvalue weighted by Gasteiger charge is 2.28. The lowest BCUT2D eigenvalue weighted by atomic mass is 10.2. The van der Waals surface area contributed by atoms with Crippen molar-refractivity contribution in [2.45, 2.75) is 11.8 Å². The molecule has 3 rings (SSSR count). The van der Waals surface area contributed by atoms with Crippen molar-refractivity contribution in [1.82, 2.24) is 9.78 Å². The molecule has 2 aromatic carbocycles. The Hall–Kier alpha value is -2.72. The summed E-state index contributed by atoms with van der Waals surface area (Å²) in [7, 11) is -1.07. The molecule has 0 fully saturated rings. The molecule has 0 unspecified atom stereocenters. The number of sulfonamides is 1. The first-order chi connectivity index (χ1) is 13.6. The van der Waals surface area contributed by atoms with Crippen molar-refractivity contribution in [2.75, 3.05) is 16.7 Å². The zero-order valence-electron chi connectivity index (χ0n) is 15.8. The Morgan fingerprint density at radius 3 is 2.48 bits per heavy atom. The maximum absolute atomic E-state index is 14.1. The Morgan fingerprint density at radius 2 is 1.86 bits per heavy atom. The van der Waals surface area contributed by atoms with E-state index in [2.05, 4.69) is 26.3 Å². The van der Waals surface area contributed by atoms with Crippen LogP contribution in [0, 0.1) is 12.7 Å². The SMILES string of the molecule is Cc1ccc(S(=O)(=O)N(C)c2c(C(=O)Nc3ccc(Br)cc3F)cnn2C)cc1. The Balaban J connectivity index is 1.96. The second-order valence-electron chi connectivity index (χ2n) is 6.37. The highest BCUT2D eigenvalue weighted by molar-refractivity contribution is 9.10. The highest BCUT2D eigenvalue weighted by atomic mass is 79.9. The van der Waals surface area contributed by atoms with Crippen molar-refractivity contribution in [3.63, 3.8) is 0 Å². The quantitative estimate of drug-likeness (QED) is 0.603. The summed E-state index contributed by atoms with van der Waals surface area (Å²) in [4.78, 5) is 12.8. The fraction of sp³-hybridized carbons (Fsp3) is 0.158. The number of nitrogens with one attached hydrogen (secondary N) is 1. The third-order valence-corrected chi connectivity index (χ3v) is 6.56. The predicted molar refractivity (Wildman–Crippen MR) is 112 cm³/mol. The number of halogens is 2. The number of aryl methyl sites for hydroxylation is 2. The van der Waals surface area contributed by atoms with Crippen LogP contribution in [-0.2, 0) is 17.1 Å². The van der Waals surface area contributed by atoms with Crippen molar-refractivity contribution in [2.24, 2.45) is 7.05 Å². The van der Waals surface area contributed by atoms with E-state index in [0.717, 1.165) is 9.87 Å². The van der Waals surface area contributed by atoms with Crippen LogP contribution in [-0.4, -0.2) is 31.2 Å². The van der Waals surface area contributed by atoms with Crippen LogP contribution in [0.5, 0.6) is 0 Å². The predicted octanol–water partition coefficient (Wildman–Crippen LogP) is 3.71. The van der Waals surface area contributed by atoms with Gasteiger partial charge < -0.3 is 5.32 Å². The number of anilines is 2. The summed E-state index contributed by atoms with van der Waals surface area (Å²) in [6.45, 7) is 1.85. The molecule has 0 atom stereocenters. The summed E-state index contributed by atoms with van der Waals surface area (Å²) in [5.74, 6) is -1.25. The lowest BCUT2D eigenvalue weighted by molar-refractivity contribution is 0.102. The molecule has 0 saturated carbocycles. The number of amides is 1. The molecule has 10 heteroatoms. The Bertz CT molecular complexity index is 1180. The Labute approximate surface area is 176 Å². The van der Waals surface area contributed by atoms with E-state index in [1.54, 1.807) is 18.2 Å². The van der Waals surface area contributed by atoms with E-state index >= 15 is 0 Å². The van der Waals surface area contributed by atoms with Gasteiger partial charge in [-0.2, -0.15) is 5.10 Å². The molecule has 3 aromatic rings. The molecular weight excluding hydrogens is 463 g/mol. The van der Waals surface area contributed by atoms with Crippen LogP contribution in [0.25, 0.3) is 0 Å². The number of nitrogens with zero attached hydrogens (tertiary/aromatic N) is 3. The third kappa shape index (κ3) is 4.18. The first-order valence-corrected chi connectivity index (χ1v) is 10.7. The van der Waals surface area contributed by atoms with Crippen molar-refractivity contribution in [1.29, 1.82) is 0 Å². The average molecular weight is 481 g/mol. The van der Waals surface area contributed by atoms with E-state index < -0.39 is 21.7 Å². The second kappa shape index (κ2) is 7.96. The molecule has 152 valence electrons. The van der Waals surface area contributed by atoms with Crippen molar-refractivity contribution in [3.05, 3.63) is 70.1 Å². The van der Waals surface area contributed by atoms with Gasteiger partial charge in [0.1, 0.15) is 11.4 Å². The molecule has 1 aromatic heterocycles. The number of rotatable bonds is 5. The summed E-state index contributed by atoms with van der Waals surface area (Å²) in [6.07, 6.45) is 1.24. The van der Waals surface area contributed by atoms with Crippen LogP contribution in [0.2, 0.25) is 0 Å². The number of hydrogen-bond donors (Lipinski definition) is 1. The van der Waals surface area contributed by atoms with Crippen LogP contribution in [0.1, 0.15) is 15.9 Å². The molecular formula is C19H18BrFN4O3S. The molecule has 0 radical (unpaired) electrons. The van der Waals surface area contributed by atoms with E-state index in [1.165, 1.54) is 49.2 Å². The maximum atomic E-state index is 14.1. The molecule has 1 N–H and O–H groups in total. The molecule has 0 spiro atoms. The molecule has 0 aliphatic rings. The molecule has 1 heterocycles. The van der Waals surface area contributed by atoms with Gasteiger partial charge in [-0.15, -0.1) is 0 Å². The van der Waals surface area contributed by atoms with Gasteiger partial charge in [0, 0.05) is 18.6 Å². The first kappa shape index (κ1) is 21.0. The van der Waals surface area contributed by atoms with Gasteiger partial charge in [-0.05, 0) is 37.3 Å². The van der Waals surface area contributed by atoms with Gasteiger partial charge >= 0.3 is 0 Å². The zero-order chi connectivity index (χ0) is 21.3. The topological polar surface area (TPSA) is 84.3 Å². The highest BCUT2D eigenvalue weighted by Crippen LogP contribution is 2.27. The number of carbonyl (C=O) groups excluding carboxylic acids is 1. The first-order valence-electron chi connectivity index (χ1n) is 8.45. The fourth-order valence-corrected chi connectivity index (χ4v) is 4.30. The minimum Gasteiger partial charge on any atom is -0.319 e. The van der Waals surface area contributed by atoms with Gasteiger partial charge in [-0.1, -0.05) is 33.6 Å². The number of carbonyl (C=O) groups is 1. The molecule has 29 heavy (non-hydrogen) atoms. The van der Waals surface area contributed by atoms with E-state index in [9.17, 15) is 17.6 Å². The lowest BCUT2D eigenvalue weighted by Crippen LogP contribution is -2.30. The standard InChI is InChI=1S/C19H18BrFN4O3S/c1-12-4-7-14(8-5-12)29(27,28)25(3)19-15(11-22-24(19)2)18(26)23-17-9-6-13(20)10-16(17)21/h4-11H,1-3H3,(H,23,26). The minimum absolute atomic E-state index is 0.00648. The monoisotopic (exact) mass is 480 g/mol. The van der Waals surface area contributed by atoms with Crippen molar-refractivity contribution in [3.8, 4) is 0 Å². The molecule has 0 saturated heterocycles. The molecule has 0 aliphatic heterocycles. The van der Waals surface area contributed by atoms with E-state index in [-0.39, 0.29) is 22.0 Å². The fourth-order valence-electron chi connectivity index (χ4n) is 2.73. The van der Waals surface area contributed by atoms with Crippen LogP contribution in [0.15, 0.2) is 58.0 Å².